The molecule has 3 rings (SSSR count). The number of amides is 1. The molecule has 2 aromatic rings. The van der Waals surface area contributed by atoms with Crippen molar-refractivity contribution >= 4 is 29.7 Å². The Balaban J connectivity index is 1.61. The summed E-state index contributed by atoms with van der Waals surface area (Å²) in [5.41, 5.74) is 1.70. The second kappa shape index (κ2) is 10.2. The van der Waals surface area contributed by atoms with E-state index in [2.05, 4.69) is 9.89 Å². The topological polar surface area (TPSA) is 54.4 Å². The second-order valence-electron chi connectivity index (χ2n) is 6.86. The summed E-state index contributed by atoms with van der Waals surface area (Å²) in [6, 6.07) is 13.2. The summed E-state index contributed by atoms with van der Waals surface area (Å²) in [5.74, 6) is 1.42. The molecular formula is C22H26ClN3O3. The van der Waals surface area contributed by atoms with E-state index in [0.717, 1.165) is 23.4 Å². The Bertz CT molecular complexity index is 864. The molecule has 0 bridgehead atoms. The van der Waals surface area contributed by atoms with E-state index in [1.54, 1.807) is 11.0 Å². The maximum Gasteiger partial charge on any atom is 0.409 e. The summed E-state index contributed by atoms with van der Waals surface area (Å²) in [6.07, 6.45) is 2.40. The number of carbonyl (C=O) groups is 1. The molecule has 0 spiro atoms. The minimum Gasteiger partial charge on any atom is -0.455 e. The molecule has 0 unspecified atom stereocenters. The summed E-state index contributed by atoms with van der Waals surface area (Å²) >= 11 is 6.02. The van der Waals surface area contributed by atoms with E-state index in [0.29, 0.717) is 43.6 Å². The molecular weight excluding hydrogens is 390 g/mol. The van der Waals surface area contributed by atoms with Crippen LogP contribution in [0.4, 0.5) is 10.5 Å². The van der Waals surface area contributed by atoms with Gasteiger partial charge >= 0.3 is 6.09 Å². The first-order valence-corrected chi connectivity index (χ1v) is 10.2. The molecule has 0 saturated carbocycles. The van der Waals surface area contributed by atoms with E-state index >= 15 is 0 Å². The molecule has 1 aliphatic heterocycles. The predicted molar refractivity (Wildman–Crippen MR) is 116 cm³/mol. The number of hydrogen-bond acceptors (Lipinski definition) is 4. The van der Waals surface area contributed by atoms with Crippen LogP contribution in [0.1, 0.15) is 18.9 Å². The molecule has 1 aliphatic rings. The monoisotopic (exact) mass is 415 g/mol. The number of carbonyl (C=O) groups excluding carboxylic acids is 1. The van der Waals surface area contributed by atoms with Gasteiger partial charge in [0.25, 0.3) is 0 Å². The van der Waals surface area contributed by atoms with Crippen molar-refractivity contribution < 1.29 is 14.3 Å². The second-order valence-corrected chi connectivity index (χ2v) is 7.30. The SMILES string of the molecule is CCCOC(=O)N1CCN(C=Nc2ccccc2Oc2ccc(Cl)cc2C)CC1. The summed E-state index contributed by atoms with van der Waals surface area (Å²) in [5, 5.41) is 0.680. The van der Waals surface area contributed by atoms with Gasteiger partial charge < -0.3 is 19.3 Å². The van der Waals surface area contributed by atoms with E-state index in [4.69, 9.17) is 21.1 Å². The van der Waals surface area contributed by atoms with E-state index in [1.165, 1.54) is 0 Å². The summed E-state index contributed by atoms with van der Waals surface area (Å²) in [6.45, 7) is 7.07. The number of aryl methyl sites for hydroxylation is 1. The van der Waals surface area contributed by atoms with E-state index in [-0.39, 0.29) is 6.09 Å². The third-order valence-electron chi connectivity index (χ3n) is 4.58. The molecule has 0 aromatic heterocycles. The van der Waals surface area contributed by atoms with E-state index in [1.807, 2.05) is 56.6 Å². The Kier molecular flexibility index (Phi) is 7.36. The average Bonchev–Trinajstić information content (AvgIpc) is 2.73. The van der Waals surface area contributed by atoms with Crippen LogP contribution in [-0.2, 0) is 4.74 Å². The van der Waals surface area contributed by atoms with Gasteiger partial charge in [-0.05, 0) is 49.2 Å². The van der Waals surface area contributed by atoms with Gasteiger partial charge in [-0.25, -0.2) is 9.79 Å². The quantitative estimate of drug-likeness (QED) is 0.476. The fraction of sp³-hybridized carbons (Fsp3) is 0.364. The van der Waals surface area contributed by atoms with E-state index in [9.17, 15) is 4.79 Å². The van der Waals surface area contributed by atoms with Gasteiger partial charge in [0.15, 0.2) is 5.75 Å². The van der Waals surface area contributed by atoms with Gasteiger partial charge in [0.05, 0.1) is 12.9 Å². The molecule has 1 saturated heterocycles. The number of aliphatic imine (C=N–C) groups is 1. The maximum atomic E-state index is 11.9. The van der Waals surface area contributed by atoms with Crippen LogP contribution in [0.3, 0.4) is 0 Å². The highest BCUT2D eigenvalue weighted by atomic mass is 35.5. The molecule has 1 heterocycles. The van der Waals surface area contributed by atoms with Crippen molar-refractivity contribution in [2.75, 3.05) is 32.8 Å². The minimum atomic E-state index is -0.236. The third kappa shape index (κ3) is 5.87. The smallest absolute Gasteiger partial charge is 0.409 e. The molecule has 1 amide bonds. The zero-order valence-electron chi connectivity index (χ0n) is 16.8. The van der Waals surface area contributed by atoms with Crippen molar-refractivity contribution in [1.82, 2.24) is 9.80 Å². The number of benzene rings is 2. The van der Waals surface area contributed by atoms with Gasteiger partial charge in [-0.1, -0.05) is 30.7 Å². The van der Waals surface area contributed by atoms with Crippen molar-refractivity contribution in [2.24, 2.45) is 4.99 Å². The minimum absolute atomic E-state index is 0.236. The molecule has 0 N–H and O–H groups in total. The van der Waals surface area contributed by atoms with Crippen LogP contribution < -0.4 is 4.74 Å². The lowest BCUT2D eigenvalue weighted by Crippen LogP contribution is -2.48. The number of rotatable bonds is 6. The van der Waals surface area contributed by atoms with Crippen LogP contribution in [0.2, 0.25) is 5.02 Å². The Morgan fingerprint density at radius 1 is 1.14 bits per heavy atom. The van der Waals surface area contributed by atoms with Gasteiger partial charge in [0, 0.05) is 31.2 Å². The lowest BCUT2D eigenvalue weighted by Gasteiger charge is -2.32. The Hall–Kier alpha value is -2.73. The largest absolute Gasteiger partial charge is 0.455 e. The number of nitrogens with zero attached hydrogens (tertiary/aromatic N) is 3. The molecule has 2 aromatic carbocycles. The molecule has 0 atom stereocenters. The van der Waals surface area contributed by atoms with Gasteiger partial charge in [-0.2, -0.15) is 0 Å². The van der Waals surface area contributed by atoms with Crippen molar-refractivity contribution in [1.29, 1.82) is 0 Å². The van der Waals surface area contributed by atoms with Crippen LogP contribution >= 0.6 is 11.6 Å². The van der Waals surface area contributed by atoms with E-state index < -0.39 is 0 Å². The molecule has 154 valence electrons. The highest BCUT2D eigenvalue weighted by molar-refractivity contribution is 6.30. The van der Waals surface area contributed by atoms with Gasteiger partial charge in [-0.15, -0.1) is 0 Å². The van der Waals surface area contributed by atoms with Crippen LogP contribution in [0.25, 0.3) is 0 Å². The number of hydrogen-bond donors (Lipinski definition) is 0. The number of ether oxygens (including phenoxy) is 2. The zero-order valence-corrected chi connectivity index (χ0v) is 17.6. The summed E-state index contributed by atoms with van der Waals surface area (Å²) < 4.78 is 11.3. The molecule has 0 aliphatic carbocycles. The average molecular weight is 416 g/mol. The van der Waals surface area contributed by atoms with Crippen LogP contribution in [0.15, 0.2) is 47.5 Å². The molecule has 0 radical (unpaired) electrons. The predicted octanol–water partition coefficient (Wildman–Crippen LogP) is 5.26. The molecule has 1 fully saturated rings. The van der Waals surface area contributed by atoms with Gasteiger partial charge in [-0.3, -0.25) is 0 Å². The van der Waals surface area contributed by atoms with Gasteiger partial charge in [0.1, 0.15) is 11.4 Å². The fourth-order valence-corrected chi connectivity index (χ4v) is 3.17. The summed E-state index contributed by atoms with van der Waals surface area (Å²) in [4.78, 5) is 20.4. The van der Waals surface area contributed by atoms with Crippen molar-refractivity contribution in [3.63, 3.8) is 0 Å². The van der Waals surface area contributed by atoms with Crippen molar-refractivity contribution in [2.45, 2.75) is 20.3 Å². The number of piperazine rings is 1. The Morgan fingerprint density at radius 2 is 1.90 bits per heavy atom. The first-order valence-electron chi connectivity index (χ1n) is 9.80. The zero-order chi connectivity index (χ0) is 20.6. The highest BCUT2D eigenvalue weighted by Crippen LogP contribution is 2.33. The first kappa shape index (κ1) is 21.0. The lowest BCUT2D eigenvalue weighted by molar-refractivity contribution is 0.0886. The Morgan fingerprint density at radius 3 is 2.62 bits per heavy atom. The van der Waals surface area contributed by atoms with Crippen LogP contribution in [-0.4, -0.2) is 55.0 Å². The fourth-order valence-electron chi connectivity index (χ4n) is 2.94. The number of para-hydroxylation sites is 2. The number of halogens is 1. The van der Waals surface area contributed by atoms with Crippen LogP contribution in [0.5, 0.6) is 11.5 Å². The Labute approximate surface area is 176 Å². The standard InChI is InChI=1S/C22H26ClN3O3/c1-3-14-28-22(27)26-12-10-25(11-13-26)16-24-19-6-4-5-7-21(19)29-20-9-8-18(23)15-17(20)2/h4-9,15-16H,3,10-14H2,1-2H3. The van der Waals surface area contributed by atoms with Crippen molar-refractivity contribution in [3.05, 3.63) is 53.1 Å². The van der Waals surface area contributed by atoms with Crippen LogP contribution in [0, 0.1) is 6.92 Å². The third-order valence-corrected chi connectivity index (χ3v) is 4.82. The lowest BCUT2D eigenvalue weighted by atomic mass is 10.2. The normalized spacial score (nSPS) is 14.3. The van der Waals surface area contributed by atoms with Crippen molar-refractivity contribution in [3.8, 4) is 11.5 Å². The first-order chi connectivity index (χ1) is 14.1. The highest BCUT2D eigenvalue weighted by Gasteiger charge is 2.20. The molecule has 7 heteroatoms. The van der Waals surface area contributed by atoms with Gasteiger partial charge in [0.2, 0.25) is 0 Å². The summed E-state index contributed by atoms with van der Waals surface area (Å²) in [7, 11) is 0. The molecule has 29 heavy (non-hydrogen) atoms. The maximum absolute atomic E-state index is 11.9. The molecule has 6 nitrogen and oxygen atoms in total.